The first-order valence-corrected chi connectivity index (χ1v) is 9.24. The number of rotatable bonds is 6. The third kappa shape index (κ3) is 3.47. The zero-order chi connectivity index (χ0) is 20.4. The molecular formula is C22H20FN3O3. The molecule has 0 saturated carbocycles. The van der Waals surface area contributed by atoms with E-state index in [9.17, 15) is 9.18 Å². The quantitative estimate of drug-likeness (QED) is 0.538. The average Bonchev–Trinajstić information content (AvgIpc) is 3.04. The van der Waals surface area contributed by atoms with Crippen molar-refractivity contribution in [3.8, 4) is 22.6 Å². The Bertz CT molecular complexity index is 1230. The lowest BCUT2D eigenvalue weighted by molar-refractivity contribution is 0.310. The fourth-order valence-corrected chi connectivity index (χ4v) is 3.37. The maximum Gasteiger partial charge on any atom is 0.328 e. The predicted octanol–water partition coefficient (Wildman–Crippen LogP) is 3.99. The highest BCUT2D eigenvalue weighted by molar-refractivity contribution is 5.89. The number of benzene rings is 2. The molecule has 4 rings (SSSR count). The highest BCUT2D eigenvalue weighted by Crippen LogP contribution is 2.30. The fourth-order valence-electron chi connectivity index (χ4n) is 3.37. The molecule has 2 heterocycles. The lowest BCUT2D eigenvalue weighted by atomic mass is 10.1. The van der Waals surface area contributed by atoms with Crippen LogP contribution in [0.4, 0.5) is 4.39 Å². The number of aromatic nitrogens is 3. The van der Waals surface area contributed by atoms with Gasteiger partial charge in [-0.25, -0.2) is 14.2 Å². The predicted molar refractivity (Wildman–Crippen MR) is 109 cm³/mol. The summed E-state index contributed by atoms with van der Waals surface area (Å²) in [4.78, 5) is 19.8. The van der Waals surface area contributed by atoms with E-state index in [1.54, 1.807) is 43.6 Å². The third-order valence-corrected chi connectivity index (χ3v) is 4.70. The van der Waals surface area contributed by atoms with Crippen molar-refractivity contribution in [3.05, 3.63) is 76.6 Å². The molecule has 0 unspecified atom stereocenters. The van der Waals surface area contributed by atoms with Crippen LogP contribution in [0.2, 0.25) is 0 Å². The number of ether oxygens (including phenoxy) is 2. The Kier molecular flexibility index (Phi) is 5.03. The minimum atomic E-state index is -0.356. The van der Waals surface area contributed by atoms with Crippen molar-refractivity contribution in [1.82, 2.24) is 14.5 Å². The zero-order valence-corrected chi connectivity index (χ0v) is 16.1. The Labute approximate surface area is 166 Å². The van der Waals surface area contributed by atoms with Crippen LogP contribution in [0.15, 0.2) is 59.5 Å². The number of nitrogens with one attached hydrogen (secondary N) is 1. The standard InChI is InChI=1S/C22H20FN3O3/c1-3-29-19-12-14(8-9-18(19)28-2)13-26-21-20(25-22(26)27)16(10-11-24-21)15-6-4-5-7-17(15)23/h4-12H,3,13H2,1-2H3,(H,25,27). The maximum absolute atomic E-state index is 14.3. The summed E-state index contributed by atoms with van der Waals surface area (Å²) in [5.41, 5.74) is 2.51. The molecule has 6 nitrogen and oxygen atoms in total. The Morgan fingerprint density at radius 3 is 2.69 bits per heavy atom. The Morgan fingerprint density at radius 1 is 1.10 bits per heavy atom. The molecule has 7 heteroatoms. The number of pyridine rings is 1. The average molecular weight is 393 g/mol. The highest BCUT2D eigenvalue weighted by atomic mass is 19.1. The van der Waals surface area contributed by atoms with E-state index < -0.39 is 0 Å². The molecule has 148 valence electrons. The number of aromatic amines is 1. The monoisotopic (exact) mass is 393 g/mol. The molecule has 0 aliphatic carbocycles. The molecule has 0 amide bonds. The summed E-state index contributed by atoms with van der Waals surface area (Å²) < 4.78 is 26.8. The van der Waals surface area contributed by atoms with Crippen molar-refractivity contribution >= 4 is 11.2 Å². The second-order valence-corrected chi connectivity index (χ2v) is 6.47. The van der Waals surface area contributed by atoms with E-state index in [0.717, 1.165) is 5.56 Å². The first-order chi connectivity index (χ1) is 14.1. The van der Waals surface area contributed by atoms with Gasteiger partial charge in [0.1, 0.15) is 5.82 Å². The van der Waals surface area contributed by atoms with Crippen LogP contribution in [-0.4, -0.2) is 28.3 Å². The van der Waals surface area contributed by atoms with Crippen LogP contribution in [0, 0.1) is 5.82 Å². The van der Waals surface area contributed by atoms with Crippen LogP contribution in [0.3, 0.4) is 0 Å². The first-order valence-electron chi connectivity index (χ1n) is 9.24. The summed E-state index contributed by atoms with van der Waals surface area (Å²) in [7, 11) is 1.58. The van der Waals surface area contributed by atoms with Crippen molar-refractivity contribution < 1.29 is 13.9 Å². The van der Waals surface area contributed by atoms with Crippen molar-refractivity contribution in [1.29, 1.82) is 0 Å². The molecule has 0 aliphatic rings. The number of H-pyrrole nitrogens is 1. The van der Waals surface area contributed by atoms with Crippen molar-refractivity contribution in [2.45, 2.75) is 13.5 Å². The van der Waals surface area contributed by atoms with Crippen molar-refractivity contribution in [3.63, 3.8) is 0 Å². The van der Waals surface area contributed by atoms with Crippen LogP contribution in [-0.2, 0) is 6.54 Å². The van der Waals surface area contributed by atoms with Gasteiger partial charge in [0.15, 0.2) is 17.1 Å². The molecule has 1 N–H and O–H groups in total. The van der Waals surface area contributed by atoms with Gasteiger partial charge in [-0.15, -0.1) is 0 Å². The number of nitrogens with zero attached hydrogens (tertiary/aromatic N) is 2. The molecule has 0 aliphatic heterocycles. The summed E-state index contributed by atoms with van der Waals surface area (Å²) >= 11 is 0. The largest absolute Gasteiger partial charge is 0.493 e. The fraction of sp³-hybridized carbons (Fsp3) is 0.182. The van der Waals surface area contributed by atoms with Crippen LogP contribution < -0.4 is 15.2 Å². The van der Waals surface area contributed by atoms with Gasteiger partial charge in [-0.3, -0.25) is 4.57 Å². The van der Waals surface area contributed by atoms with Gasteiger partial charge in [-0.1, -0.05) is 24.3 Å². The van der Waals surface area contributed by atoms with Gasteiger partial charge < -0.3 is 14.5 Å². The number of hydrogen-bond donors (Lipinski definition) is 1. The van der Waals surface area contributed by atoms with Crippen molar-refractivity contribution in [2.24, 2.45) is 0 Å². The lowest BCUT2D eigenvalue weighted by Gasteiger charge is -2.11. The van der Waals surface area contributed by atoms with Gasteiger partial charge in [0, 0.05) is 17.3 Å². The molecule has 0 radical (unpaired) electrons. The van der Waals surface area contributed by atoms with Crippen LogP contribution in [0.5, 0.6) is 11.5 Å². The second kappa shape index (κ2) is 7.79. The van der Waals surface area contributed by atoms with E-state index in [-0.39, 0.29) is 18.1 Å². The molecule has 2 aromatic heterocycles. The van der Waals surface area contributed by atoms with E-state index in [1.165, 1.54) is 10.6 Å². The number of fused-ring (bicyclic) bond motifs is 1. The SMILES string of the molecule is CCOc1cc(Cn2c(=O)[nH]c3c(-c4ccccc4F)ccnc32)ccc1OC. The smallest absolute Gasteiger partial charge is 0.328 e. The minimum absolute atomic E-state index is 0.288. The number of imidazole rings is 1. The van der Waals surface area contributed by atoms with Gasteiger partial charge in [0.2, 0.25) is 0 Å². The molecular weight excluding hydrogens is 373 g/mol. The topological polar surface area (TPSA) is 69.1 Å². The molecule has 4 aromatic rings. The third-order valence-electron chi connectivity index (χ3n) is 4.70. The number of hydrogen-bond acceptors (Lipinski definition) is 4. The molecule has 2 aromatic carbocycles. The first kappa shape index (κ1) is 18.7. The molecule has 0 spiro atoms. The van der Waals surface area contributed by atoms with Crippen molar-refractivity contribution in [2.75, 3.05) is 13.7 Å². The summed E-state index contributed by atoms with van der Waals surface area (Å²) in [5, 5.41) is 0. The molecule has 0 bridgehead atoms. The zero-order valence-electron chi connectivity index (χ0n) is 16.1. The lowest BCUT2D eigenvalue weighted by Crippen LogP contribution is -2.17. The van der Waals surface area contributed by atoms with Crippen LogP contribution >= 0.6 is 0 Å². The summed E-state index contributed by atoms with van der Waals surface area (Å²) in [5.74, 6) is 0.882. The second-order valence-electron chi connectivity index (χ2n) is 6.47. The van der Waals surface area contributed by atoms with Crippen LogP contribution in [0.1, 0.15) is 12.5 Å². The normalized spacial score (nSPS) is 11.0. The summed E-state index contributed by atoms with van der Waals surface area (Å²) in [6.45, 7) is 2.68. The van der Waals surface area contributed by atoms with Gasteiger partial charge in [-0.2, -0.15) is 0 Å². The van der Waals surface area contributed by atoms with E-state index in [4.69, 9.17) is 9.47 Å². The Balaban J connectivity index is 1.79. The van der Waals surface area contributed by atoms with E-state index in [1.807, 2.05) is 19.1 Å². The number of methoxy groups -OCH3 is 1. The number of halogens is 1. The molecule has 0 fully saturated rings. The van der Waals surface area contributed by atoms with E-state index in [0.29, 0.717) is 40.4 Å². The van der Waals surface area contributed by atoms with Gasteiger partial charge in [0.05, 0.1) is 25.8 Å². The van der Waals surface area contributed by atoms with Gasteiger partial charge in [0.25, 0.3) is 0 Å². The van der Waals surface area contributed by atoms with E-state index >= 15 is 0 Å². The molecule has 29 heavy (non-hydrogen) atoms. The maximum atomic E-state index is 14.3. The van der Waals surface area contributed by atoms with E-state index in [2.05, 4.69) is 9.97 Å². The summed E-state index contributed by atoms with van der Waals surface area (Å²) in [6, 6.07) is 13.7. The Morgan fingerprint density at radius 2 is 1.93 bits per heavy atom. The Hall–Kier alpha value is -3.61. The van der Waals surface area contributed by atoms with Crippen LogP contribution in [0.25, 0.3) is 22.3 Å². The molecule has 0 saturated heterocycles. The minimum Gasteiger partial charge on any atom is -0.493 e. The van der Waals surface area contributed by atoms with Gasteiger partial charge in [-0.05, 0) is 36.8 Å². The summed E-state index contributed by atoms with van der Waals surface area (Å²) in [6.07, 6.45) is 1.58. The van der Waals surface area contributed by atoms with Gasteiger partial charge >= 0.3 is 5.69 Å². The highest BCUT2D eigenvalue weighted by Gasteiger charge is 2.16. The molecule has 0 atom stereocenters.